The first-order chi connectivity index (χ1) is 9.66. The van der Waals surface area contributed by atoms with Gasteiger partial charge in [-0.15, -0.1) is 0 Å². The molecule has 0 bridgehead atoms. The van der Waals surface area contributed by atoms with E-state index in [2.05, 4.69) is 0 Å². The number of carbonyl (C=O) groups is 1. The standard InChI is InChI=1S/C15H18FNO3/c1-17(12-9-19-8-11(12)16)15(18)14-7-6-10-4-2-3-5-13(10)20-14/h2-5,11-12,14H,6-9H2,1H3. The highest BCUT2D eigenvalue weighted by atomic mass is 19.1. The van der Waals surface area contributed by atoms with Crippen LogP contribution in [-0.4, -0.2) is 49.4 Å². The third-order valence-corrected chi connectivity index (χ3v) is 4.02. The van der Waals surface area contributed by atoms with Gasteiger partial charge in [0.2, 0.25) is 0 Å². The van der Waals surface area contributed by atoms with Crippen molar-refractivity contribution < 1.29 is 18.7 Å². The van der Waals surface area contributed by atoms with Crippen molar-refractivity contribution in [3.05, 3.63) is 29.8 Å². The van der Waals surface area contributed by atoms with Gasteiger partial charge in [-0.25, -0.2) is 4.39 Å². The highest BCUT2D eigenvalue weighted by Gasteiger charge is 2.37. The van der Waals surface area contributed by atoms with Gasteiger partial charge in [0, 0.05) is 7.05 Å². The van der Waals surface area contributed by atoms with Crippen molar-refractivity contribution in [3.63, 3.8) is 0 Å². The van der Waals surface area contributed by atoms with E-state index in [0.29, 0.717) is 6.42 Å². The number of alkyl halides is 1. The number of aryl methyl sites for hydroxylation is 1. The number of hydrogen-bond donors (Lipinski definition) is 0. The van der Waals surface area contributed by atoms with E-state index in [1.165, 1.54) is 4.90 Å². The average molecular weight is 279 g/mol. The number of likely N-dealkylation sites (N-methyl/N-ethyl adjacent to an activating group) is 1. The predicted molar refractivity (Wildman–Crippen MR) is 71.5 cm³/mol. The fourth-order valence-corrected chi connectivity index (χ4v) is 2.76. The lowest BCUT2D eigenvalue weighted by atomic mass is 10.0. The minimum absolute atomic E-state index is 0.0661. The monoisotopic (exact) mass is 279 g/mol. The average Bonchev–Trinajstić information content (AvgIpc) is 2.91. The Morgan fingerprint density at radius 1 is 1.35 bits per heavy atom. The summed E-state index contributed by atoms with van der Waals surface area (Å²) in [6.07, 6.45) is -0.201. The van der Waals surface area contributed by atoms with Gasteiger partial charge in [-0.2, -0.15) is 0 Å². The summed E-state index contributed by atoms with van der Waals surface area (Å²) in [5, 5.41) is 0. The first kappa shape index (κ1) is 13.4. The molecule has 2 heterocycles. The highest BCUT2D eigenvalue weighted by molar-refractivity contribution is 5.81. The Labute approximate surface area is 117 Å². The quantitative estimate of drug-likeness (QED) is 0.825. The summed E-state index contributed by atoms with van der Waals surface area (Å²) in [6.45, 7) is 0.323. The summed E-state index contributed by atoms with van der Waals surface area (Å²) in [5.74, 6) is 0.586. The van der Waals surface area contributed by atoms with Crippen LogP contribution in [0, 0.1) is 0 Å². The molecule has 1 saturated heterocycles. The molecule has 3 rings (SSSR count). The molecule has 0 aliphatic carbocycles. The van der Waals surface area contributed by atoms with Gasteiger partial charge in [0.1, 0.15) is 11.9 Å². The fraction of sp³-hybridized carbons (Fsp3) is 0.533. The Morgan fingerprint density at radius 2 is 2.15 bits per heavy atom. The van der Waals surface area contributed by atoms with E-state index in [9.17, 15) is 9.18 Å². The van der Waals surface area contributed by atoms with Crippen molar-refractivity contribution in [1.29, 1.82) is 0 Å². The minimum atomic E-state index is -1.11. The lowest BCUT2D eigenvalue weighted by Gasteiger charge is -2.31. The van der Waals surface area contributed by atoms with Gasteiger partial charge in [0.15, 0.2) is 6.10 Å². The zero-order valence-electron chi connectivity index (χ0n) is 11.4. The summed E-state index contributed by atoms with van der Waals surface area (Å²) >= 11 is 0. The molecule has 0 aromatic heterocycles. The largest absolute Gasteiger partial charge is 0.480 e. The molecule has 1 aromatic rings. The second-order valence-corrected chi connectivity index (χ2v) is 5.32. The molecule has 108 valence electrons. The maximum atomic E-state index is 13.6. The van der Waals surface area contributed by atoms with Gasteiger partial charge in [0.05, 0.1) is 19.3 Å². The van der Waals surface area contributed by atoms with Crippen molar-refractivity contribution in [2.45, 2.75) is 31.2 Å². The Bertz CT molecular complexity index is 508. The van der Waals surface area contributed by atoms with Crippen LogP contribution < -0.4 is 4.74 Å². The smallest absolute Gasteiger partial charge is 0.263 e. The van der Waals surface area contributed by atoms with Crippen LogP contribution in [0.1, 0.15) is 12.0 Å². The highest BCUT2D eigenvalue weighted by Crippen LogP contribution is 2.28. The third-order valence-electron chi connectivity index (χ3n) is 4.02. The molecule has 0 radical (unpaired) electrons. The Morgan fingerprint density at radius 3 is 2.90 bits per heavy atom. The number of hydrogen-bond acceptors (Lipinski definition) is 3. The van der Waals surface area contributed by atoms with E-state index < -0.39 is 18.3 Å². The molecule has 3 unspecified atom stereocenters. The molecule has 2 aliphatic rings. The lowest BCUT2D eigenvalue weighted by molar-refractivity contribution is -0.141. The second-order valence-electron chi connectivity index (χ2n) is 5.32. The van der Waals surface area contributed by atoms with Crippen LogP contribution in [0.25, 0.3) is 0 Å². The SMILES string of the molecule is CN(C(=O)C1CCc2ccccc2O1)C1COCC1F. The molecule has 4 nitrogen and oxygen atoms in total. The molecule has 0 spiro atoms. The van der Waals surface area contributed by atoms with Crippen molar-refractivity contribution in [3.8, 4) is 5.75 Å². The Balaban J connectivity index is 1.69. The van der Waals surface area contributed by atoms with Crippen LogP contribution in [0.3, 0.4) is 0 Å². The number of rotatable bonds is 2. The lowest BCUT2D eigenvalue weighted by Crippen LogP contribution is -2.49. The maximum absolute atomic E-state index is 13.6. The molecule has 3 atom stereocenters. The van der Waals surface area contributed by atoms with Crippen LogP contribution in [-0.2, 0) is 16.0 Å². The summed E-state index contributed by atoms with van der Waals surface area (Å²) in [6, 6.07) is 7.22. The molecular weight excluding hydrogens is 261 g/mol. The summed E-state index contributed by atoms with van der Waals surface area (Å²) in [5.41, 5.74) is 1.12. The molecule has 1 amide bonds. The van der Waals surface area contributed by atoms with E-state index in [-0.39, 0.29) is 19.1 Å². The van der Waals surface area contributed by atoms with Crippen LogP contribution in [0.15, 0.2) is 24.3 Å². The Kier molecular flexibility index (Phi) is 3.61. The first-order valence-electron chi connectivity index (χ1n) is 6.90. The number of nitrogens with zero attached hydrogens (tertiary/aromatic N) is 1. The fourth-order valence-electron chi connectivity index (χ4n) is 2.76. The normalized spacial score (nSPS) is 28.6. The van der Waals surface area contributed by atoms with Crippen LogP contribution >= 0.6 is 0 Å². The number of para-hydroxylation sites is 1. The molecule has 2 aliphatic heterocycles. The molecule has 0 saturated carbocycles. The first-order valence-corrected chi connectivity index (χ1v) is 6.90. The van der Waals surface area contributed by atoms with E-state index in [1.807, 2.05) is 24.3 Å². The van der Waals surface area contributed by atoms with E-state index in [4.69, 9.17) is 9.47 Å². The van der Waals surface area contributed by atoms with Crippen LogP contribution in [0.2, 0.25) is 0 Å². The number of ether oxygens (including phenoxy) is 2. The van der Waals surface area contributed by atoms with E-state index >= 15 is 0 Å². The van der Waals surface area contributed by atoms with Crippen molar-refractivity contribution in [1.82, 2.24) is 4.90 Å². The van der Waals surface area contributed by atoms with E-state index in [0.717, 1.165) is 17.7 Å². The number of carbonyl (C=O) groups excluding carboxylic acids is 1. The number of benzene rings is 1. The van der Waals surface area contributed by atoms with Crippen molar-refractivity contribution >= 4 is 5.91 Å². The van der Waals surface area contributed by atoms with Crippen LogP contribution in [0.5, 0.6) is 5.75 Å². The summed E-state index contributed by atoms with van der Waals surface area (Å²) in [4.78, 5) is 13.9. The van der Waals surface area contributed by atoms with Gasteiger partial charge < -0.3 is 14.4 Å². The second kappa shape index (κ2) is 5.40. The van der Waals surface area contributed by atoms with Gasteiger partial charge in [-0.3, -0.25) is 4.79 Å². The molecule has 5 heteroatoms. The molecule has 20 heavy (non-hydrogen) atoms. The van der Waals surface area contributed by atoms with Gasteiger partial charge in [-0.1, -0.05) is 18.2 Å². The molecule has 0 N–H and O–H groups in total. The van der Waals surface area contributed by atoms with Crippen molar-refractivity contribution in [2.75, 3.05) is 20.3 Å². The summed E-state index contributed by atoms with van der Waals surface area (Å²) in [7, 11) is 1.62. The van der Waals surface area contributed by atoms with Crippen LogP contribution in [0.4, 0.5) is 4.39 Å². The van der Waals surface area contributed by atoms with E-state index in [1.54, 1.807) is 7.05 Å². The Hall–Kier alpha value is -1.62. The van der Waals surface area contributed by atoms with Gasteiger partial charge in [0.25, 0.3) is 5.91 Å². The van der Waals surface area contributed by atoms with Gasteiger partial charge in [-0.05, 0) is 24.5 Å². The van der Waals surface area contributed by atoms with Crippen molar-refractivity contribution in [2.24, 2.45) is 0 Å². The molecular formula is C15H18FNO3. The molecule has 1 fully saturated rings. The van der Waals surface area contributed by atoms with Gasteiger partial charge >= 0.3 is 0 Å². The molecule has 1 aromatic carbocycles. The number of fused-ring (bicyclic) bond motifs is 1. The maximum Gasteiger partial charge on any atom is 0.263 e. The predicted octanol–water partition coefficient (Wildman–Crippen LogP) is 1.58. The zero-order valence-corrected chi connectivity index (χ0v) is 11.4. The number of amides is 1. The minimum Gasteiger partial charge on any atom is -0.480 e. The number of halogens is 1. The summed E-state index contributed by atoms with van der Waals surface area (Å²) < 4.78 is 24.5. The zero-order chi connectivity index (χ0) is 14.1. The third kappa shape index (κ3) is 2.38. The topological polar surface area (TPSA) is 38.8 Å².